The number of amides is 1. The maximum Gasteiger partial charge on any atom is 0.267 e. The van der Waals surface area contributed by atoms with E-state index in [0.29, 0.717) is 11.5 Å². The third-order valence-electron chi connectivity index (χ3n) is 2.30. The fraction of sp³-hybridized carbons (Fsp3) is 0.417. The normalized spacial score (nSPS) is 10.5. The Hall–Kier alpha value is -1.07. The number of nitrogen functional groups attached to an aromatic ring is 1. The minimum absolute atomic E-state index is 0.291. The van der Waals surface area contributed by atoms with Crippen LogP contribution in [0.1, 0.15) is 29.8 Å². The van der Waals surface area contributed by atoms with Crippen LogP contribution in [0.3, 0.4) is 0 Å². The molecule has 0 spiro atoms. The number of rotatable bonds is 4. The summed E-state index contributed by atoms with van der Waals surface area (Å²) in [4.78, 5) is 11.7. The number of anilines is 1. The zero-order valence-corrected chi connectivity index (χ0v) is 11.9. The van der Waals surface area contributed by atoms with Crippen LogP contribution < -0.4 is 16.6 Å². The predicted molar refractivity (Wildman–Crippen MR) is 73.9 cm³/mol. The highest BCUT2D eigenvalue weighted by atomic mass is 79.9. The molecule has 5 heteroatoms. The summed E-state index contributed by atoms with van der Waals surface area (Å²) in [6.07, 6.45) is 0. The Morgan fingerprint density at radius 1 is 1.47 bits per heavy atom. The quantitative estimate of drug-likeness (QED) is 0.454. The summed E-state index contributed by atoms with van der Waals surface area (Å²) in [6, 6.07) is 3.78. The summed E-state index contributed by atoms with van der Waals surface area (Å²) < 4.78 is 0.872. The molecule has 0 fully saturated rings. The van der Waals surface area contributed by atoms with E-state index in [2.05, 4.69) is 40.5 Å². The first kappa shape index (κ1) is 14.0. The maximum absolute atomic E-state index is 11.7. The third-order valence-corrected chi connectivity index (χ3v) is 2.92. The number of carbonyl (C=O) groups excluding carboxylic acids is 1. The Morgan fingerprint density at radius 2 is 2.12 bits per heavy atom. The molecule has 4 N–H and O–H groups in total. The van der Waals surface area contributed by atoms with Crippen LogP contribution in [0.2, 0.25) is 0 Å². The van der Waals surface area contributed by atoms with Gasteiger partial charge in [-0.3, -0.25) is 10.2 Å². The van der Waals surface area contributed by atoms with E-state index in [1.807, 2.05) is 19.1 Å². The lowest BCUT2D eigenvalue weighted by Gasteiger charge is -2.15. The van der Waals surface area contributed by atoms with E-state index in [9.17, 15) is 4.79 Å². The van der Waals surface area contributed by atoms with E-state index in [4.69, 9.17) is 5.84 Å². The average Bonchev–Trinajstić information content (AvgIpc) is 2.25. The van der Waals surface area contributed by atoms with Gasteiger partial charge < -0.3 is 5.32 Å². The van der Waals surface area contributed by atoms with Gasteiger partial charge in [0, 0.05) is 11.0 Å². The van der Waals surface area contributed by atoms with Crippen molar-refractivity contribution in [3.05, 3.63) is 27.7 Å². The summed E-state index contributed by atoms with van der Waals surface area (Å²) >= 11 is 3.46. The van der Waals surface area contributed by atoms with Crippen LogP contribution in [0.15, 0.2) is 16.6 Å². The SMILES string of the molecule is Cc1cc(Br)c(NCC(C)C)c(C(=O)NN)c1. The van der Waals surface area contributed by atoms with Gasteiger partial charge in [0.2, 0.25) is 0 Å². The van der Waals surface area contributed by atoms with Crippen LogP contribution in [0.25, 0.3) is 0 Å². The summed E-state index contributed by atoms with van der Waals surface area (Å²) in [7, 11) is 0. The van der Waals surface area contributed by atoms with Crippen molar-refractivity contribution in [2.75, 3.05) is 11.9 Å². The maximum atomic E-state index is 11.7. The van der Waals surface area contributed by atoms with E-state index in [1.54, 1.807) is 0 Å². The summed E-state index contributed by atoms with van der Waals surface area (Å²) in [5.41, 5.74) is 4.51. The minimum Gasteiger partial charge on any atom is -0.383 e. The Morgan fingerprint density at radius 3 is 2.65 bits per heavy atom. The molecule has 0 radical (unpaired) electrons. The zero-order valence-electron chi connectivity index (χ0n) is 10.3. The minimum atomic E-state index is -0.291. The van der Waals surface area contributed by atoms with Gasteiger partial charge in [0.15, 0.2) is 0 Å². The molecular weight excluding hydrogens is 282 g/mol. The Balaban J connectivity index is 3.11. The first-order valence-corrected chi connectivity index (χ1v) is 6.30. The summed E-state index contributed by atoms with van der Waals surface area (Å²) in [5, 5.41) is 3.26. The number of hydrogen-bond donors (Lipinski definition) is 3. The second-order valence-electron chi connectivity index (χ2n) is 4.42. The monoisotopic (exact) mass is 299 g/mol. The number of aryl methyl sites for hydroxylation is 1. The van der Waals surface area contributed by atoms with Crippen molar-refractivity contribution in [2.45, 2.75) is 20.8 Å². The molecule has 0 atom stereocenters. The van der Waals surface area contributed by atoms with Crippen molar-refractivity contribution in [1.82, 2.24) is 5.43 Å². The van der Waals surface area contributed by atoms with Crippen molar-refractivity contribution in [1.29, 1.82) is 0 Å². The fourth-order valence-electron chi connectivity index (χ4n) is 1.48. The van der Waals surface area contributed by atoms with Crippen LogP contribution in [0.5, 0.6) is 0 Å². The van der Waals surface area contributed by atoms with E-state index in [1.165, 1.54) is 0 Å². The first-order chi connectivity index (χ1) is 7.95. The molecule has 0 saturated carbocycles. The largest absolute Gasteiger partial charge is 0.383 e. The van der Waals surface area contributed by atoms with Gasteiger partial charge in [-0.2, -0.15) is 0 Å². The van der Waals surface area contributed by atoms with E-state index >= 15 is 0 Å². The highest BCUT2D eigenvalue weighted by molar-refractivity contribution is 9.10. The number of carbonyl (C=O) groups is 1. The number of hydrogen-bond acceptors (Lipinski definition) is 3. The van der Waals surface area contributed by atoms with Crippen LogP contribution in [-0.4, -0.2) is 12.5 Å². The molecule has 1 aromatic rings. The second kappa shape index (κ2) is 6.02. The van der Waals surface area contributed by atoms with Gasteiger partial charge in [0.1, 0.15) is 0 Å². The first-order valence-electron chi connectivity index (χ1n) is 5.50. The van der Waals surface area contributed by atoms with E-state index in [-0.39, 0.29) is 5.91 Å². The fourth-order valence-corrected chi connectivity index (χ4v) is 2.20. The summed E-state index contributed by atoms with van der Waals surface area (Å²) in [6.45, 7) is 6.95. The predicted octanol–water partition coefficient (Wildman–Crippen LogP) is 2.43. The smallest absolute Gasteiger partial charge is 0.267 e. The topological polar surface area (TPSA) is 67.2 Å². The molecule has 0 aromatic heterocycles. The van der Waals surface area contributed by atoms with Crippen molar-refractivity contribution in [2.24, 2.45) is 11.8 Å². The average molecular weight is 300 g/mol. The molecule has 0 aliphatic carbocycles. The highest BCUT2D eigenvalue weighted by Crippen LogP contribution is 2.28. The molecular formula is C12H18BrN3O. The van der Waals surface area contributed by atoms with Crippen LogP contribution in [0.4, 0.5) is 5.69 Å². The lowest BCUT2D eigenvalue weighted by atomic mass is 10.1. The number of nitrogens with one attached hydrogen (secondary N) is 2. The lowest BCUT2D eigenvalue weighted by Crippen LogP contribution is -2.31. The number of benzene rings is 1. The molecule has 0 aliphatic rings. The standard InChI is InChI=1S/C12H18BrN3O/c1-7(2)6-15-11-9(12(17)16-14)4-8(3)5-10(11)13/h4-5,7,15H,6,14H2,1-3H3,(H,16,17). The van der Waals surface area contributed by atoms with Gasteiger partial charge in [-0.05, 0) is 46.5 Å². The van der Waals surface area contributed by atoms with Crippen LogP contribution >= 0.6 is 15.9 Å². The van der Waals surface area contributed by atoms with E-state index < -0.39 is 0 Å². The second-order valence-corrected chi connectivity index (χ2v) is 5.27. The molecule has 1 amide bonds. The molecule has 94 valence electrons. The third kappa shape index (κ3) is 3.71. The molecule has 0 saturated heterocycles. The van der Waals surface area contributed by atoms with E-state index in [0.717, 1.165) is 22.3 Å². The molecule has 4 nitrogen and oxygen atoms in total. The van der Waals surface area contributed by atoms with Crippen molar-refractivity contribution in [3.63, 3.8) is 0 Å². The molecule has 0 bridgehead atoms. The lowest BCUT2D eigenvalue weighted by molar-refractivity contribution is 0.0954. The van der Waals surface area contributed by atoms with Crippen molar-refractivity contribution in [3.8, 4) is 0 Å². The van der Waals surface area contributed by atoms with Gasteiger partial charge in [0.25, 0.3) is 5.91 Å². The van der Waals surface area contributed by atoms with Crippen LogP contribution in [0, 0.1) is 12.8 Å². The number of halogens is 1. The molecule has 0 unspecified atom stereocenters. The molecule has 0 heterocycles. The van der Waals surface area contributed by atoms with Gasteiger partial charge in [-0.1, -0.05) is 13.8 Å². The Labute approximate surface area is 110 Å². The number of hydrazine groups is 1. The van der Waals surface area contributed by atoms with Gasteiger partial charge >= 0.3 is 0 Å². The van der Waals surface area contributed by atoms with Crippen molar-refractivity contribution < 1.29 is 4.79 Å². The number of nitrogens with two attached hydrogens (primary N) is 1. The Bertz CT molecular complexity index is 418. The molecule has 0 aliphatic heterocycles. The molecule has 17 heavy (non-hydrogen) atoms. The molecule has 1 rings (SSSR count). The van der Waals surface area contributed by atoms with Crippen LogP contribution in [-0.2, 0) is 0 Å². The zero-order chi connectivity index (χ0) is 13.0. The summed E-state index contributed by atoms with van der Waals surface area (Å²) in [5.74, 6) is 5.39. The Kier molecular flexibility index (Phi) is 4.96. The van der Waals surface area contributed by atoms with Gasteiger partial charge in [-0.15, -0.1) is 0 Å². The van der Waals surface area contributed by atoms with Crippen molar-refractivity contribution >= 4 is 27.5 Å². The van der Waals surface area contributed by atoms with Gasteiger partial charge in [-0.25, -0.2) is 5.84 Å². The van der Waals surface area contributed by atoms with Gasteiger partial charge in [0.05, 0.1) is 11.3 Å². The highest BCUT2D eigenvalue weighted by Gasteiger charge is 2.14. The molecule has 1 aromatic carbocycles.